The van der Waals surface area contributed by atoms with Gasteiger partial charge in [0.15, 0.2) is 5.83 Å². The van der Waals surface area contributed by atoms with Crippen LogP contribution in [0.25, 0.3) is 10.8 Å². The zero-order valence-electron chi connectivity index (χ0n) is 25.4. The molecule has 3 aromatic rings. The first kappa shape index (κ1) is 29.8. The summed E-state index contributed by atoms with van der Waals surface area (Å²) < 4.78 is 20.2. The molecule has 234 valence electrons. The maximum absolute atomic E-state index is 13.8. The van der Waals surface area contributed by atoms with Crippen molar-refractivity contribution in [1.82, 2.24) is 19.8 Å². The summed E-state index contributed by atoms with van der Waals surface area (Å²) >= 11 is 6.70. The van der Waals surface area contributed by atoms with E-state index in [2.05, 4.69) is 51.6 Å². The molecule has 7 rings (SSSR count). The van der Waals surface area contributed by atoms with E-state index in [0.29, 0.717) is 43.7 Å². The number of aromatic nitrogens is 2. The Morgan fingerprint density at radius 1 is 1.11 bits per heavy atom. The minimum atomic E-state index is -1.01. The average Bonchev–Trinajstić information content (AvgIpc) is 3.80. The van der Waals surface area contributed by atoms with Gasteiger partial charge >= 0.3 is 6.01 Å². The zero-order chi connectivity index (χ0) is 31.1. The second-order valence-electron chi connectivity index (χ2n) is 12.8. The number of carbonyl (C=O) groups is 1. The second-order valence-corrected chi connectivity index (χ2v) is 13.2. The van der Waals surface area contributed by atoms with Crippen molar-refractivity contribution in [3.05, 3.63) is 65.1 Å². The van der Waals surface area contributed by atoms with Crippen LogP contribution in [0.1, 0.15) is 36.9 Å². The van der Waals surface area contributed by atoms with Crippen LogP contribution in [0, 0.1) is 16.7 Å². The van der Waals surface area contributed by atoms with Crippen molar-refractivity contribution in [1.29, 1.82) is 5.26 Å². The molecule has 1 atom stereocenters. The van der Waals surface area contributed by atoms with E-state index < -0.39 is 17.8 Å². The largest absolute Gasteiger partial charge is 0.463 e. The van der Waals surface area contributed by atoms with E-state index in [4.69, 9.17) is 26.3 Å². The van der Waals surface area contributed by atoms with Gasteiger partial charge in [-0.15, -0.1) is 0 Å². The SMILES string of the molecule is C=C(F)C(=O)N1CCN(c2nc(OCC3(CN4CCC4)CC3)nc3c2CCN(c2cccc4cccc(Cl)c24)C3)C[C@@H]1CC#N. The molecule has 0 spiro atoms. The van der Waals surface area contributed by atoms with Gasteiger partial charge in [-0.1, -0.05) is 42.4 Å². The summed E-state index contributed by atoms with van der Waals surface area (Å²) in [6, 6.07) is 14.2. The van der Waals surface area contributed by atoms with E-state index in [1.54, 1.807) is 0 Å². The van der Waals surface area contributed by atoms with Crippen molar-refractivity contribution in [2.24, 2.45) is 5.41 Å². The Bertz CT molecular complexity index is 1680. The van der Waals surface area contributed by atoms with Gasteiger partial charge in [-0.05, 0) is 56.3 Å². The number of piperazine rings is 1. The monoisotopic (exact) mass is 629 g/mol. The third-order valence-corrected chi connectivity index (χ3v) is 10.1. The summed E-state index contributed by atoms with van der Waals surface area (Å²) in [7, 11) is 0. The fourth-order valence-electron chi connectivity index (χ4n) is 6.97. The highest BCUT2D eigenvalue weighted by atomic mass is 35.5. The van der Waals surface area contributed by atoms with Crippen LogP contribution in [0.3, 0.4) is 0 Å². The van der Waals surface area contributed by atoms with Crippen molar-refractivity contribution in [3.63, 3.8) is 0 Å². The molecule has 3 fully saturated rings. The minimum Gasteiger partial charge on any atom is -0.463 e. The Kier molecular flexibility index (Phi) is 8.00. The normalized spacial score (nSPS) is 20.7. The Hall–Kier alpha value is -3.94. The molecule has 1 amide bonds. The number of fused-ring (bicyclic) bond motifs is 2. The first-order valence-electron chi connectivity index (χ1n) is 15.8. The summed E-state index contributed by atoms with van der Waals surface area (Å²) in [6.07, 6.45) is 4.33. The molecule has 45 heavy (non-hydrogen) atoms. The number of hydrogen-bond acceptors (Lipinski definition) is 8. The zero-order valence-corrected chi connectivity index (χ0v) is 26.1. The van der Waals surface area contributed by atoms with Gasteiger partial charge in [-0.3, -0.25) is 4.79 Å². The number of halogens is 2. The van der Waals surface area contributed by atoms with Gasteiger partial charge in [-0.2, -0.15) is 15.2 Å². The molecule has 0 bridgehead atoms. The fourth-order valence-corrected chi connectivity index (χ4v) is 7.25. The molecule has 4 heterocycles. The third kappa shape index (κ3) is 5.91. The number of likely N-dealkylation sites (tertiary alicyclic amines) is 1. The predicted octanol–water partition coefficient (Wildman–Crippen LogP) is 5.12. The number of nitrogens with zero attached hydrogens (tertiary/aromatic N) is 7. The number of hydrogen-bond donors (Lipinski definition) is 0. The van der Waals surface area contributed by atoms with Crippen molar-refractivity contribution in [2.45, 2.75) is 44.7 Å². The number of rotatable bonds is 9. The van der Waals surface area contributed by atoms with Crippen LogP contribution in [0.15, 0.2) is 48.8 Å². The number of amides is 1. The van der Waals surface area contributed by atoms with E-state index in [1.165, 1.54) is 11.3 Å². The lowest BCUT2D eigenvalue weighted by Gasteiger charge is -2.42. The average molecular weight is 630 g/mol. The fraction of sp³-hybridized carbons (Fsp3) is 0.471. The highest BCUT2D eigenvalue weighted by molar-refractivity contribution is 6.36. The number of ether oxygens (including phenoxy) is 1. The molecule has 11 heteroatoms. The molecule has 1 saturated carbocycles. The summed E-state index contributed by atoms with van der Waals surface area (Å²) in [4.78, 5) is 30.8. The molecule has 1 aliphatic carbocycles. The van der Waals surface area contributed by atoms with Gasteiger partial charge in [0.2, 0.25) is 0 Å². The molecule has 0 N–H and O–H groups in total. The summed E-state index contributed by atoms with van der Waals surface area (Å²) in [6.45, 7) is 9.50. The lowest BCUT2D eigenvalue weighted by molar-refractivity contribution is -0.131. The van der Waals surface area contributed by atoms with E-state index in [9.17, 15) is 14.4 Å². The third-order valence-electron chi connectivity index (χ3n) is 9.77. The maximum Gasteiger partial charge on any atom is 0.318 e. The molecule has 2 saturated heterocycles. The number of carbonyl (C=O) groups excluding carboxylic acids is 1. The van der Waals surface area contributed by atoms with E-state index in [1.807, 2.05) is 12.1 Å². The number of anilines is 2. The van der Waals surface area contributed by atoms with Crippen LogP contribution in [0.2, 0.25) is 5.02 Å². The van der Waals surface area contributed by atoms with Crippen molar-refractivity contribution in [2.75, 3.05) is 62.2 Å². The molecular formula is C34H37ClFN7O2. The van der Waals surface area contributed by atoms with Crippen LogP contribution in [0.5, 0.6) is 6.01 Å². The Morgan fingerprint density at radius 3 is 2.62 bits per heavy atom. The Morgan fingerprint density at radius 2 is 1.91 bits per heavy atom. The topological polar surface area (TPSA) is 88.8 Å². The van der Waals surface area contributed by atoms with Gasteiger partial charge in [-0.25, -0.2) is 4.39 Å². The molecule has 0 radical (unpaired) electrons. The highest BCUT2D eigenvalue weighted by Gasteiger charge is 2.46. The van der Waals surface area contributed by atoms with Crippen LogP contribution >= 0.6 is 11.6 Å². The maximum atomic E-state index is 13.8. The van der Waals surface area contributed by atoms with Crippen LogP contribution in [0.4, 0.5) is 15.9 Å². The number of benzene rings is 2. The molecule has 9 nitrogen and oxygen atoms in total. The first-order valence-corrected chi connectivity index (χ1v) is 16.2. The van der Waals surface area contributed by atoms with E-state index in [-0.39, 0.29) is 18.4 Å². The smallest absolute Gasteiger partial charge is 0.318 e. The summed E-state index contributed by atoms with van der Waals surface area (Å²) in [5.41, 5.74) is 3.15. The Balaban J connectivity index is 1.20. The summed E-state index contributed by atoms with van der Waals surface area (Å²) in [5, 5.41) is 12.4. The molecule has 0 unspecified atom stereocenters. The van der Waals surface area contributed by atoms with Crippen molar-refractivity contribution in [3.8, 4) is 12.1 Å². The van der Waals surface area contributed by atoms with Gasteiger partial charge in [0, 0.05) is 54.8 Å². The molecular weight excluding hydrogens is 593 g/mol. The number of nitriles is 1. The first-order chi connectivity index (χ1) is 21.8. The lowest BCUT2D eigenvalue weighted by Crippen LogP contribution is -2.55. The van der Waals surface area contributed by atoms with Crippen LogP contribution in [-0.4, -0.2) is 84.1 Å². The van der Waals surface area contributed by atoms with E-state index >= 15 is 0 Å². The van der Waals surface area contributed by atoms with Gasteiger partial charge in [0.25, 0.3) is 5.91 Å². The standard InChI is InChI=1S/C34H37ClFN7O2/c1-23(36)32(44)43-18-17-42(19-25(43)9-13-37)31-26-10-16-41(29-8-3-6-24-5-2-7-27(35)30(24)29)20-28(26)38-33(39-31)45-22-34(11-12-34)21-40-14-4-15-40/h2-3,5-8,25H,1,4,9-12,14-22H2/t25-/m0/s1. The second kappa shape index (κ2) is 12.1. The van der Waals surface area contributed by atoms with Crippen molar-refractivity contribution < 1.29 is 13.9 Å². The van der Waals surface area contributed by atoms with Gasteiger partial charge in [0.05, 0.1) is 42.4 Å². The predicted molar refractivity (Wildman–Crippen MR) is 172 cm³/mol. The highest BCUT2D eigenvalue weighted by Crippen LogP contribution is 2.47. The molecule has 2 aromatic carbocycles. The van der Waals surface area contributed by atoms with Gasteiger partial charge < -0.3 is 24.3 Å². The van der Waals surface area contributed by atoms with Crippen LogP contribution in [-0.2, 0) is 17.8 Å². The lowest BCUT2D eigenvalue weighted by atomic mass is 10.0. The van der Waals surface area contributed by atoms with Gasteiger partial charge in [0.1, 0.15) is 5.82 Å². The molecule has 3 aliphatic heterocycles. The van der Waals surface area contributed by atoms with Crippen LogP contribution < -0.4 is 14.5 Å². The quantitative estimate of drug-likeness (QED) is 0.301. The summed E-state index contributed by atoms with van der Waals surface area (Å²) in [5.74, 6) is -1.00. The minimum absolute atomic E-state index is 0.0841. The molecule has 1 aromatic heterocycles. The van der Waals surface area contributed by atoms with Crippen molar-refractivity contribution >= 4 is 39.8 Å². The molecule has 4 aliphatic rings. The van der Waals surface area contributed by atoms with E-state index in [0.717, 1.165) is 72.6 Å². The Labute approximate surface area is 267 Å².